The third-order valence-corrected chi connectivity index (χ3v) is 4.38. The molecule has 0 saturated carbocycles. The molecule has 0 bridgehead atoms. The zero-order chi connectivity index (χ0) is 15.0. The molecule has 0 radical (unpaired) electrons. The summed E-state index contributed by atoms with van der Waals surface area (Å²) in [4.78, 5) is 0. The van der Waals surface area contributed by atoms with Gasteiger partial charge >= 0.3 is 0 Å². The molecule has 1 aromatic rings. The Morgan fingerprint density at radius 2 is 1.60 bits per heavy atom. The van der Waals surface area contributed by atoms with Crippen molar-refractivity contribution in [3.63, 3.8) is 0 Å². The Morgan fingerprint density at radius 3 is 2.10 bits per heavy atom. The summed E-state index contributed by atoms with van der Waals surface area (Å²) in [6, 6.07) is 7.57. The molecule has 0 aliphatic carbocycles. The summed E-state index contributed by atoms with van der Waals surface area (Å²) in [7, 11) is 0. The van der Waals surface area contributed by atoms with E-state index in [-0.39, 0.29) is 0 Å². The average Bonchev–Trinajstić information content (AvgIpc) is 2.42. The van der Waals surface area contributed by atoms with E-state index in [1.165, 1.54) is 48.8 Å². The van der Waals surface area contributed by atoms with Crippen molar-refractivity contribution >= 4 is 0 Å². The third kappa shape index (κ3) is 5.28. The second-order valence-corrected chi connectivity index (χ2v) is 6.12. The molecular weight excluding hydrogens is 242 g/mol. The summed E-state index contributed by atoms with van der Waals surface area (Å²) in [5.74, 6) is 0.812. The van der Waals surface area contributed by atoms with E-state index >= 15 is 0 Å². The zero-order valence-corrected chi connectivity index (χ0v) is 14.1. The molecule has 1 heteroatoms. The Kier molecular flexibility index (Phi) is 7.91. The first-order valence-corrected chi connectivity index (χ1v) is 8.41. The van der Waals surface area contributed by atoms with Crippen LogP contribution in [0.25, 0.3) is 0 Å². The van der Waals surface area contributed by atoms with Crippen LogP contribution in [-0.4, -0.2) is 12.6 Å². The lowest BCUT2D eigenvalue weighted by Crippen LogP contribution is -2.38. The molecule has 1 nitrogen and oxygen atoms in total. The standard InChI is InChI=1S/C19H33N/c1-6-9-18(10-7-2)19(20-8-3)14-17-12-11-15(4)16(5)13-17/h11-13,18-20H,6-10,14H2,1-5H3. The fourth-order valence-electron chi connectivity index (χ4n) is 3.14. The maximum Gasteiger partial charge on any atom is 0.0136 e. The van der Waals surface area contributed by atoms with Crippen molar-refractivity contribution in [3.8, 4) is 0 Å². The average molecular weight is 275 g/mol. The first-order valence-electron chi connectivity index (χ1n) is 8.41. The lowest BCUT2D eigenvalue weighted by molar-refractivity contribution is 0.312. The van der Waals surface area contributed by atoms with Crippen LogP contribution < -0.4 is 5.32 Å². The van der Waals surface area contributed by atoms with Gasteiger partial charge in [0.05, 0.1) is 0 Å². The lowest BCUT2D eigenvalue weighted by atomic mass is 9.86. The van der Waals surface area contributed by atoms with Gasteiger partial charge in [-0.3, -0.25) is 0 Å². The van der Waals surface area contributed by atoms with Gasteiger partial charge in [-0.1, -0.05) is 51.8 Å². The summed E-state index contributed by atoms with van der Waals surface area (Å²) in [6.07, 6.45) is 6.44. The highest BCUT2D eigenvalue weighted by Gasteiger charge is 2.19. The number of rotatable bonds is 9. The van der Waals surface area contributed by atoms with Crippen molar-refractivity contribution in [2.24, 2.45) is 5.92 Å². The first kappa shape index (κ1) is 17.2. The summed E-state index contributed by atoms with van der Waals surface area (Å²) in [6.45, 7) is 12.3. The number of aryl methyl sites for hydroxylation is 2. The molecule has 0 amide bonds. The quantitative estimate of drug-likeness (QED) is 0.665. The van der Waals surface area contributed by atoms with Gasteiger partial charge in [0.25, 0.3) is 0 Å². The van der Waals surface area contributed by atoms with Crippen molar-refractivity contribution in [2.45, 2.75) is 72.8 Å². The number of hydrogen-bond acceptors (Lipinski definition) is 1. The molecule has 1 aromatic carbocycles. The zero-order valence-electron chi connectivity index (χ0n) is 14.1. The maximum absolute atomic E-state index is 3.73. The number of nitrogens with one attached hydrogen (secondary N) is 1. The van der Waals surface area contributed by atoms with E-state index in [4.69, 9.17) is 0 Å². The summed E-state index contributed by atoms with van der Waals surface area (Å²) < 4.78 is 0. The van der Waals surface area contributed by atoms with Gasteiger partial charge in [0.1, 0.15) is 0 Å². The van der Waals surface area contributed by atoms with Crippen LogP contribution in [0.2, 0.25) is 0 Å². The Hall–Kier alpha value is -0.820. The number of likely N-dealkylation sites (N-methyl/N-ethyl adjacent to an activating group) is 1. The first-order chi connectivity index (χ1) is 9.62. The van der Waals surface area contributed by atoms with Gasteiger partial charge in [-0.05, 0) is 62.3 Å². The molecule has 1 N–H and O–H groups in total. The number of benzene rings is 1. The van der Waals surface area contributed by atoms with Gasteiger partial charge in [-0.15, -0.1) is 0 Å². The molecule has 1 unspecified atom stereocenters. The van der Waals surface area contributed by atoms with Crippen LogP contribution in [0.4, 0.5) is 0 Å². The van der Waals surface area contributed by atoms with E-state index in [0.717, 1.165) is 12.5 Å². The highest BCUT2D eigenvalue weighted by Crippen LogP contribution is 2.22. The number of hydrogen-bond donors (Lipinski definition) is 1. The van der Waals surface area contributed by atoms with E-state index in [0.29, 0.717) is 6.04 Å². The Balaban J connectivity index is 2.80. The highest BCUT2D eigenvalue weighted by molar-refractivity contribution is 5.30. The van der Waals surface area contributed by atoms with E-state index in [1.807, 2.05) is 0 Å². The molecule has 114 valence electrons. The maximum atomic E-state index is 3.73. The molecule has 1 rings (SSSR count). The highest BCUT2D eigenvalue weighted by atomic mass is 14.9. The minimum absolute atomic E-state index is 0.627. The van der Waals surface area contributed by atoms with Crippen molar-refractivity contribution in [1.82, 2.24) is 5.32 Å². The Bertz CT molecular complexity index is 377. The molecule has 0 fully saturated rings. The SMILES string of the molecule is CCCC(CCC)C(Cc1ccc(C)c(C)c1)NCC. The van der Waals surface area contributed by atoms with Gasteiger partial charge in [0.2, 0.25) is 0 Å². The second-order valence-electron chi connectivity index (χ2n) is 6.12. The largest absolute Gasteiger partial charge is 0.314 e. The summed E-state index contributed by atoms with van der Waals surface area (Å²) in [5.41, 5.74) is 4.30. The minimum Gasteiger partial charge on any atom is -0.314 e. The Morgan fingerprint density at radius 1 is 0.950 bits per heavy atom. The van der Waals surface area contributed by atoms with Crippen LogP contribution in [0.15, 0.2) is 18.2 Å². The lowest BCUT2D eigenvalue weighted by Gasteiger charge is -2.28. The molecular formula is C19H33N. The predicted octanol–water partition coefficient (Wildman–Crippen LogP) is 5.04. The molecule has 0 aromatic heterocycles. The van der Waals surface area contributed by atoms with Crippen LogP contribution in [0, 0.1) is 19.8 Å². The van der Waals surface area contributed by atoms with Crippen molar-refractivity contribution in [1.29, 1.82) is 0 Å². The molecule has 1 atom stereocenters. The van der Waals surface area contributed by atoms with E-state index in [1.54, 1.807) is 0 Å². The third-order valence-electron chi connectivity index (χ3n) is 4.38. The van der Waals surface area contributed by atoms with E-state index in [2.05, 4.69) is 58.1 Å². The van der Waals surface area contributed by atoms with Gasteiger partial charge in [0.15, 0.2) is 0 Å². The fraction of sp³-hybridized carbons (Fsp3) is 0.684. The van der Waals surface area contributed by atoms with Gasteiger partial charge < -0.3 is 5.32 Å². The van der Waals surface area contributed by atoms with Gasteiger partial charge in [-0.2, -0.15) is 0 Å². The van der Waals surface area contributed by atoms with Crippen LogP contribution in [0.1, 0.15) is 63.1 Å². The van der Waals surface area contributed by atoms with E-state index in [9.17, 15) is 0 Å². The van der Waals surface area contributed by atoms with Crippen LogP contribution in [-0.2, 0) is 6.42 Å². The monoisotopic (exact) mass is 275 g/mol. The van der Waals surface area contributed by atoms with Crippen LogP contribution >= 0.6 is 0 Å². The summed E-state index contributed by atoms with van der Waals surface area (Å²) in [5, 5.41) is 3.73. The normalized spacial score (nSPS) is 12.9. The van der Waals surface area contributed by atoms with Gasteiger partial charge in [0, 0.05) is 6.04 Å². The van der Waals surface area contributed by atoms with Crippen molar-refractivity contribution < 1.29 is 0 Å². The smallest absolute Gasteiger partial charge is 0.0136 e. The minimum atomic E-state index is 0.627. The van der Waals surface area contributed by atoms with E-state index < -0.39 is 0 Å². The Labute approximate surface area is 126 Å². The van der Waals surface area contributed by atoms with Crippen molar-refractivity contribution in [3.05, 3.63) is 34.9 Å². The molecule has 0 saturated heterocycles. The molecule has 0 aliphatic heterocycles. The van der Waals surface area contributed by atoms with Crippen LogP contribution in [0.5, 0.6) is 0 Å². The molecule has 20 heavy (non-hydrogen) atoms. The molecule has 0 spiro atoms. The molecule has 0 heterocycles. The van der Waals surface area contributed by atoms with Crippen LogP contribution in [0.3, 0.4) is 0 Å². The fourth-order valence-corrected chi connectivity index (χ4v) is 3.14. The molecule has 0 aliphatic rings. The topological polar surface area (TPSA) is 12.0 Å². The summed E-state index contributed by atoms with van der Waals surface area (Å²) >= 11 is 0. The van der Waals surface area contributed by atoms with Gasteiger partial charge in [-0.25, -0.2) is 0 Å². The predicted molar refractivity (Wildman–Crippen MR) is 90.4 cm³/mol. The van der Waals surface area contributed by atoms with Crippen molar-refractivity contribution in [2.75, 3.05) is 6.54 Å². The second kappa shape index (κ2) is 9.18.